The lowest BCUT2D eigenvalue weighted by atomic mass is 9.74. The number of nitrogens with two attached hydrogens (primary N) is 1. The van der Waals surface area contributed by atoms with Gasteiger partial charge in [-0.25, -0.2) is 9.28 Å². The lowest BCUT2D eigenvalue weighted by Crippen LogP contribution is -2.62. The van der Waals surface area contributed by atoms with Crippen molar-refractivity contribution < 1.29 is 9.59 Å². The smallest absolute Gasteiger partial charge is 0.319 e. The van der Waals surface area contributed by atoms with Crippen LogP contribution in [0.3, 0.4) is 0 Å². The van der Waals surface area contributed by atoms with E-state index in [1.165, 1.54) is 5.56 Å². The Kier molecular flexibility index (Phi) is 5.80. The Morgan fingerprint density at radius 2 is 1.76 bits per heavy atom. The number of amides is 2. The third-order valence-electron chi connectivity index (χ3n) is 7.71. The molecule has 172 valence electrons. The number of aromatic nitrogens is 1. The minimum atomic E-state index is -0.611. The summed E-state index contributed by atoms with van der Waals surface area (Å²) in [7, 11) is 0. The molecule has 4 atom stereocenters. The molecule has 1 saturated heterocycles. The zero-order valence-electron chi connectivity index (χ0n) is 19.1. The summed E-state index contributed by atoms with van der Waals surface area (Å²) in [5.74, 6) is -0.886. The van der Waals surface area contributed by atoms with Crippen LogP contribution in [-0.2, 0) is 16.0 Å². The summed E-state index contributed by atoms with van der Waals surface area (Å²) in [6.45, 7) is 0.533. The molecule has 34 heavy (non-hydrogen) atoms. The highest BCUT2D eigenvalue weighted by atomic mass is 16.2. The van der Waals surface area contributed by atoms with Crippen LogP contribution in [0.25, 0.3) is 5.69 Å². The number of fused-ring (bicyclic) bond motifs is 1. The second-order valence-corrected chi connectivity index (χ2v) is 9.43. The van der Waals surface area contributed by atoms with Crippen molar-refractivity contribution in [2.45, 2.75) is 44.1 Å². The maximum atomic E-state index is 14.3. The molecule has 2 heterocycles. The van der Waals surface area contributed by atoms with Gasteiger partial charge in [0.1, 0.15) is 5.69 Å². The molecule has 2 amide bonds. The summed E-state index contributed by atoms with van der Waals surface area (Å²) in [6, 6.07) is 21.6. The zero-order valence-corrected chi connectivity index (χ0v) is 19.1. The molecule has 1 fully saturated rings. The maximum Gasteiger partial charge on any atom is 0.319 e. The molecule has 2 aromatic carbocycles. The van der Waals surface area contributed by atoms with Gasteiger partial charge in [0.25, 0.3) is 5.91 Å². The molecule has 2 N–H and O–H groups in total. The fraction of sp³-hybridized carbons (Fsp3) is 0.321. The first-order chi connectivity index (χ1) is 16.6. The number of quaternary nitrogens is 1. The Labute approximate surface area is 199 Å². The number of aryl methyl sites for hydroxylation is 1. The van der Waals surface area contributed by atoms with Crippen LogP contribution in [-0.4, -0.2) is 29.0 Å². The molecule has 6 heteroatoms. The molecule has 0 spiro atoms. The van der Waals surface area contributed by atoms with Crippen molar-refractivity contribution in [2.75, 3.05) is 6.54 Å². The summed E-state index contributed by atoms with van der Waals surface area (Å²) in [5, 5.41) is 10.0. The molecular formula is C28H29N4O2+. The van der Waals surface area contributed by atoms with E-state index in [-0.39, 0.29) is 28.6 Å². The number of hydrogen-bond acceptors (Lipinski definition) is 3. The van der Waals surface area contributed by atoms with Gasteiger partial charge >= 0.3 is 5.91 Å². The number of para-hydroxylation sites is 2. The van der Waals surface area contributed by atoms with Gasteiger partial charge in [-0.3, -0.25) is 4.79 Å². The normalized spacial score (nSPS) is 25.9. The van der Waals surface area contributed by atoms with E-state index in [4.69, 9.17) is 5.73 Å². The first kappa shape index (κ1) is 22.1. The molecule has 3 unspecified atom stereocenters. The lowest BCUT2D eigenvalue weighted by molar-refractivity contribution is -0.137. The third-order valence-corrected chi connectivity index (χ3v) is 7.71. The minimum absolute atomic E-state index is 0.0227. The van der Waals surface area contributed by atoms with Gasteiger partial charge in [-0.05, 0) is 48.1 Å². The highest BCUT2D eigenvalue weighted by Crippen LogP contribution is 2.43. The quantitative estimate of drug-likeness (QED) is 0.587. The number of rotatable bonds is 5. The monoisotopic (exact) mass is 453 g/mol. The Hall–Kier alpha value is -3.69. The minimum Gasteiger partial charge on any atom is -0.364 e. The van der Waals surface area contributed by atoms with Gasteiger partial charge in [0.15, 0.2) is 11.7 Å². The van der Waals surface area contributed by atoms with Gasteiger partial charge in [-0.2, -0.15) is 5.26 Å². The number of nitrogens with zero attached hydrogens (tertiary/aromatic N) is 3. The van der Waals surface area contributed by atoms with E-state index in [1.807, 2.05) is 71.6 Å². The van der Waals surface area contributed by atoms with Crippen molar-refractivity contribution in [3.8, 4) is 11.8 Å². The van der Waals surface area contributed by atoms with E-state index >= 15 is 0 Å². The maximum absolute atomic E-state index is 14.3. The van der Waals surface area contributed by atoms with Crippen LogP contribution in [0, 0.1) is 17.2 Å². The van der Waals surface area contributed by atoms with Crippen LogP contribution < -0.4 is 10.2 Å². The Morgan fingerprint density at radius 3 is 2.53 bits per heavy atom. The molecule has 0 saturated carbocycles. The van der Waals surface area contributed by atoms with Crippen molar-refractivity contribution in [3.05, 3.63) is 84.2 Å². The zero-order chi connectivity index (χ0) is 23.7. The summed E-state index contributed by atoms with van der Waals surface area (Å²) >= 11 is 0. The average Bonchev–Trinajstić information content (AvgIpc) is 3.55. The molecule has 1 aromatic heterocycles. The van der Waals surface area contributed by atoms with Gasteiger partial charge in [-0.1, -0.05) is 36.4 Å². The van der Waals surface area contributed by atoms with Crippen LogP contribution in [0.5, 0.6) is 0 Å². The topological polar surface area (TPSA) is 88.9 Å². The van der Waals surface area contributed by atoms with Gasteiger partial charge in [-0.15, -0.1) is 0 Å². The second-order valence-electron chi connectivity index (χ2n) is 9.43. The summed E-state index contributed by atoms with van der Waals surface area (Å²) in [4.78, 5) is 27.0. The first-order valence-corrected chi connectivity index (χ1v) is 12.0. The summed E-state index contributed by atoms with van der Waals surface area (Å²) in [5.41, 5.74) is 9.80. The van der Waals surface area contributed by atoms with Crippen LogP contribution in [0.15, 0.2) is 73.1 Å². The van der Waals surface area contributed by atoms with Gasteiger partial charge in [0, 0.05) is 31.3 Å². The molecule has 1 aliphatic heterocycles. The summed E-state index contributed by atoms with van der Waals surface area (Å²) in [6.07, 6.45) is 7.09. The molecule has 3 aromatic rings. The Balaban J connectivity index is 1.57. The van der Waals surface area contributed by atoms with Crippen molar-refractivity contribution in [2.24, 2.45) is 11.7 Å². The van der Waals surface area contributed by atoms with E-state index in [0.717, 1.165) is 36.2 Å². The van der Waals surface area contributed by atoms with Crippen LogP contribution in [0.1, 0.15) is 42.7 Å². The standard InChI is InChI=1S/C28H28N4O2/c29-19-23-21(14-13-20-8-1-2-9-22(20)23)18-27(33)32(17-7-12-26(32)28(30)34)25-11-4-3-10-24(25)31-15-5-6-16-31/h1-6,8-11,15-16,21,23,26H,7,12-14,17-18H2,(H-,30,34)/p+1/t21?,23?,26-,32?/m0/s1. The van der Waals surface area contributed by atoms with Crippen molar-refractivity contribution in [1.82, 2.24) is 9.05 Å². The van der Waals surface area contributed by atoms with E-state index in [2.05, 4.69) is 12.1 Å². The Bertz CT molecular complexity index is 1260. The largest absolute Gasteiger partial charge is 0.364 e. The van der Waals surface area contributed by atoms with E-state index in [0.29, 0.717) is 13.0 Å². The molecular weight excluding hydrogens is 424 g/mol. The second kappa shape index (κ2) is 8.92. The molecule has 0 radical (unpaired) electrons. The van der Waals surface area contributed by atoms with Crippen molar-refractivity contribution in [1.29, 1.82) is 5.26 Å². The molecule has 5 rings (SSSR count). The van der Waals surface area contributed by atoms with Crippen molar-refractivity contribution >= 4 is 17.5 Å². The van der Waals surface area contributed by atoms with Gasteiger partial charge < -0.3 is 10.3 Å². The number of likely N-dealkylation sites (tertiary alicyclic amines) is 1. The Morgan fingerprint density at radius 1 is 1.03 bits per heavy atom. The number of primary amides is 1. The lowest BCUT2D eigenvalue weighted by Gasteiger charge is -2.38. The van der Waals surface area contributed by atoms with E-state index in [9.17, 15) is 14.9 Å². The van der Waals surface area contributed by atoms with Gasteiger partial charge in [0.05, 0.1) is 25.0 Å². The van der Waals surface area contributed by atoms with Crippen LogP contribution in [0.4, 0.5) is 5.69 Å². The molecule has 6 nitrogen and oxygen atoms in total. The van der Waals surface area contributed by atoms with Crippen LogP contribution >= 0.6 is 0 Å². The fourth-order valence-electron chi connectivity index (χ4n) is 6.11. The summed E-state index contributed by atoms with van der Waals surface area (Å²) < 4.78 is 1.91. The van der Waals surface area contributed by atoms with Gasteiger partial charge in [0.2, 0.25) is 0 Å². The fourth-order valence-corrected chi connectivity index (χ4v) is 6.11. The number of carbonyl (C=O) groups excluding carboxylic acids is 2. The number of hydrogen-bond donors (Lipinski definition) is 1. The first-order valence-electron chi connectivity index (χ1n) is 12.0. The molecule has 0 bridgehead atoms. The number of carbonyl (C=O) groups is 2. The SMILES string of the molecule is N#CC1c2ccccc2CCC1CC(=O)[N+]1(c2ccccc2-n2cccc2)CCC[C@H]1C(N)=O. The highest BCUT2D eigenvalue weighted by Gasteiger charge is 2.54. The third kappa shape index (κ3) is 3.53. The molecule has 2 aliphatic rings. The number of benzene rings is 2. The predicted molar refractivity (Wildman–Crippen MR) is 131 cm³/mol. The van der Waals surface area contributed by atoms with E-state index < -0.39 is 11.9 Å². The average molecular weight is 454 g/mol. The molecule has 1 aliphatic carbocycles. The van der Waals surface area contributed by atoms with E-state index in [1.54, 1.807) is 0 Å². The highest BCUT2D eigenvalue weighted by molar-refractivity contribution is 5.98. The van der Waals surface area contributed by atoms with Crippen molar-refractivity contribution in [3.63, 3.8) is 0 Å². The van der Waals surface area contributed by atoms with Crippen LogP contribution in [0.2, 0.25) is 0 Å². The predicted octanol–water partition coefficient (Wildman–Crippen LogP) is 4.22. The number of nitriles is 1.